The number of sulfonamides is 1. The van der Waals surface area contributed by atoms with Gasteiger partial charge in [0.05, 0.1) is 10.5 Å². The van der Waals surface area contributed by atoms with Crippen molar-refractivity contribution in [3.63, 3.8) is 0 Å². The van der Waals surface area contributed by atoms with Crippen LogP contribution in [-0.2, 0) is 32.5 Å². The molecule has 0 aromatic heterocycles. The van der Waals surface area contributed by atoms with E-state index in [-0.39, 0.29) is 17.0 Å². The molecule has 0 fully saturated rings. The zero-order chi connectivity index (χ0) is 22.6. The van der Waals surface area contributed by atoms with Gasteiger partial charge in [-0.15, -0.1) is 0 Å². The van der Waals surface area contributed by atoms with Crippen molar-refractivity contribution in [3.05, 3.63) is 65.2 Å². The fraction of sp³-hybridized carbons (Fsp3) is 0.286. The van der Waals surface area contributed by atoms with Gasteiger partial charge in [-0.2, -0.15) is 4.31 Å². The number of carbonyl (C=O) groups is 3. The molecule has 1 atom stereocenters. The molecule has 0 aliphatic carbocycles. The number of benzene rings is 2. The Morgan fingerprint density at radius 1 is 1.06 bits per heavy atom. The first-order valence-corrected chi connectivity index (χ1v) is 11.1. The van der Waals surface area contributed by atoms with E-state index in [4.69, 9.17) is 4.74 Å². The van der Waals surface area contributed by atoms with Gasteiger partial charge in [-0.05, 0) is 42.7 Å². The van der Waals surface area contributed by atoms with Crippen molar-refractivity contribution >= 4 is 27.9 Å². The van der Waals surface area contributed by atoms with Gasteiger partial charge < -0.3 is 10.1 Å². The molecule has 0 radical (unpaired) electrons. The zero-order valence-electron chi connectivity index (χ0n) is 17.1. The Balaban J connectivity index is 1.74. The molecule has 10 heteroatoms. The van der Waals surface area contributed by atoms with Gasteiger partial charge >= 0.3 is 12.0 Å². The molecule has 9 nitrogen and oxygen atoms in total. The van der Waals surface area contributed by atoms with E-state index in [0.29, 0.717) is 13.0 Å². The number of nitrogens with zero attached hydrogens (tertiary/aromatic N) is 1. The summed E-state index contributed by atoms with van der Waals surface area (Å²) < 4.78 is 32.7. The highest BCUT2D eigenvalue weighted by atomic mass is 32.2. The lowest BCUT2D eigenvalue weighted by Crippen LogP contribution is -2.43. The molecule has 2 aromatic carbocycles. The van der Waals surface area contributed by atoms with Gasteiger partial charge in [0.25, 0.3) is 5.91 Å². The average molecular weight is 445 g/mol. The Hall–Kier alpha value is -3.24. The van der Waals surface area contributed by atoms with E-state index in [1.54, 1.807) is 0 Å². The lowest BCUT2D eigenvalue weighted by Gasteiger charge is -2.28. The maximum Gasteiger partial charge on any atom is 0.338 e. The average Bonchev–Trinajstić information content (AvgIpc) is 2.78. The minimum atomic E-state index is -3.83. The number of amides is 3. The third-order valence-corrected chi connectivity index (χ3v) is 6.76. The Bertz CT molecular complexity index is 1120. The van der Waals surface area contributed by atoms with Crippen LogP contribution in [0.4, 0.5) is 4.79 Å². The van der Waals surface area contributed by atoms with Gasteiger partial charge in [-0.25, -0.2) is 18.0 Å². The number of hydrogen-bond donors (Lipinski definition) is 2. The number of ether oxygens (including phenoxy) is 1. The van der Waals surface area contributed by atoms with Crippen molar-refractivity contribution in [1.82, 2.24) is 14.9 Å². The van der Waals surface area contributed by atoms with Crippen LogP contribution >= 0.6 is 0 Å². The van der Waals surface area contributed by atoms with Gasteiger partial charge in [-0.3, -0.25) is 10.1 Å². The normalized spacial score (nSPS) is 14.8. The predicted molar refractivity (Wildman–Crippen MR) is 112 cm³/mol. The van der Waals surface area contributed by atoms with Gasteiger partial charge in [0.15, 0.2) is 6.10 Å². The molecule has 1 aliphatic rings. The van der Waals surface area contributed by atoms with Gasteiger partial charge in [0.2, 0.25) is 10.0 Å². The third kappa shape index (κ3) is 5.09. The first-order valence-electron chi connectivity index (χ1n) is 9.63. The third-order valence-electron chi connectivity index (χ3n) is 4.92. The number of rotatable bonds is 5. The Morgan fingerprint density at radius 3 is 2.48 bits per heavy atom. The van der Waals surface area contributed by atoms with Crippen LogP contribution in [0.1, 0.15) is 28.4 Å². The highest BCUT2D eigenvalue weighted by molar-refractivity contribution is 7.89. The molecule has 0 saturated carbocycles. The number of urea groups is 1. The summed E-state index contributed by atoms with van der Waals surface area (Å²) in [4.78, 5) is 35.5. The van der Waals surface area contributed by atoms with E-state index in [1.165, 1.54) is 42.5 Å². The van der Waals surface area contributed by atoms with Crippen molar-refractivity contribution in [2.75, 3.05) is 13.6 Å². The van der Waals surface area contributed by atoms with Crippen LogP contribution in [0.5, 0.6) is 0 Å². The number of hydrogen-bond acceptors (Lipinski definition) is 6. The Labute approximate surface area is 180 Å². The van der Waals surface area contributed by atoms with Crippen LogP contribution < -0.4 is 10.6 Å². The van der Waals surface area contributed by atoms with Gasteiger partial charge in [0, 0.05) is 20.1 Å². The fourth-order valence-electron chi connectivity index (χ4n) is 3.17. The summed E-state index contributed by atoms with van der Waals surface area (Å²) in [6.07, 6.45) is -0.640. The summed E-state index contributed by atoms with van der Waals surface area (Å²) in [6, 6.07) is 12.4. The van der Waals surface area contributed by atoms with E-state index in [9.17, 15) is 22.8 Å². The van der Waals surface area contributed by atoms with E-state index < -0.39 is 34.0 Å². The fourth-order valence-corrected chi connectivity index (χ4v) is 4.63. The Morgan fingerprint density at radius 2 is 1.77 bits per heavy atom. The van der Waals surface area contributed by atoms with Gasteiger partial charge in [-0.1, -0.05) is 30.3 Å². The molecule has 3 rings (SSSR count). The minimum absolute atomic E-state index is 0.0157. The summed E-state index contributed by atoms with van der Waals surface area (Å²) in [5.74, 6) is -1.68. The number of fused-ring (bicyclic) bond motifs is 1. The second kappa shape index (κ2) is 9.27. The van der Waals surface area contributed by atoms with Crippen LogP contribution in [0.25, 0.3) is 0 Å². The van der Waals surface area contributed by atoms with E-state index in [2.05, 4.69) is 5.32 Å². The van der Waals surface area contributed by atoms with Crippen LogP contribution in [0, 0.1) is 0 Å². The molecule has 1 aliphatic heterocycles. The molecule has 31 heavy (non-hydrogen) atoms. The molecular formula is C21H23N3O6S. The summed E-state index contributed by atoms with van der Waals surface area (Å²) >= 11 is 0. The number of imide groups is 1. The van der Waals surface area contributed by atoms with Crippen LogP contribution in [0.15, 0.2) is 53.4 Å². The van der Waals surface area contributed by atoms with Gasteiger partial charge in [0.1, 0.15) is 0 Å². The van der Waals surface area contributed by atoms with E-state index in [0.717, 1.165) is 11.1 Å². The van der Waals surface area contributed by atoms with Crippen LogP contribution in [-0.4, -0.2) is 50.3 Å². The quantitative estimate of drug-likeness (QED) is 0.672. The molecule has 0 bridgehead atoms. The highest BCUT2D eigenvalue weighted by Gasteiger charge is 2.29. The smallest absolute Gasteiger partial charge is 0.338 e. The number of carbonyl (C=O) groups excluding carboxylic acids is 3. The Kier molecular flexibility index (Phi) is 6.71. The summed E-state index contributed by atoms with van der Waals surface area (Å²) in [6.45, 7) is 1.90. The van der Waals surface area contributed by atoms with Crippen LogP contribution in [0.3, 0.4) is 0 Å². The summed E-state index contributed by atoms with van der Waals surface area (Å²) in [5.41, 5.74) is 2.05. The highest BCUT2D eigenvalue weighted by Crippen LogP contribution is 2.25. The molecule has 164 valence electrons. The van der Waals surface area contributed by atoms with Crippen molar-refractivity contribution < 1.29 is 27.5 Å². The zero-order valence-corrected chi connectivity index (χ0v) is 17.9. The molecule has 1 unspecified atom stereocenters. The van der Waals surface area contributed by atoms with E-state index >= 15 is 0 Å². The largest absolute Gasteiger partial charge is 0.449 e. The van der Waals surface area contributed by atoms with Crippen molar-refractivity contribution in [3.8, 4) is 0 Å². The summed E-state index contributed by atoms with van der Waals surface area (Å²) in [5, 5.41) is 4.22. The summed E-state index contributed by atoms with van der Waals surface area (Å²) in [7, 11) is -2.49. The SMILES string of the molecule is CNC(=O)NC(=O)C(C)OC(=O)c1cccc(S(=O)(=O)N2CCc3ccccc3C2)c1. The lowest BCUT2D eigenvalue weighted by atomic mass is 10.0. The number of esters is 1. The first kappa shape index (κ1) is 22.4. The second-order valence-corrected chi connectivity index (χ2v) is 8.94. The second-order valence-electron chi connectivity index (χ2n) is 7.00. The molecule has 1 heterocycles. The minimum Gasteiger partial charge on any atom is -0.449 e. The lowest BCUT2D eigenvalue weighted by molar-refractivity contribution is -0.127. The maximum absolute atomic E-state index is 13.1. The van der Waals surface area contributed by atoms with Crippen molar-refractivity contribution in [2.24, 2.45) is 0 Å². The molecular weight excluding hydrogens is 422 g/mol. The van der Waals surface area contributed by atoms with E-state index in [1.807, 2.05) is 29.6 Å². The molecule has 0 saturated heterocycles. The molecule has 0 spiro atoms. The first-order chi connectivity index (χ1) is 14.7. The molecule has 2 N–H and O–H groups in total. The standard InChI is InChI=1S/C21H23N3O6S/c1-14(19(25)23-21(27)22-2)30-20(26)16-8-5-9-18(12-16)31(28,29)24-11-10-15-6-3-4-7-17(15)13-24/h3-9,12,14H,10-11,13H2,1-2H3,(H2,22,23,25,27). The molecule has 2 aromatic rings. The maximum atomic E-state index is 13.1. The number of nitrogens with one attached hydrogen (secondary N) is 2. The topological polar surface area (TPSA) is 122 Å². The molecule has 3 amide bonds. The van der Waals surface area contributed by atoms with Crippen LogP contribution in [0.2, 0.25) is 0 Å². The van der Waals surface area contributed by atoms with Crippen molar-refractivity contribution in [2.45, 2.75) is 30.9 Å². The monoisotopic (exact) mass is 445 g/mol. The predicted octanol–water partition coefficient (Wildman–Crippen LogP) is 1.43. The van der Waals surface area contributed by atoms with Crippen molar-refractivity contribution in [1.29, 1.82) is 0 Å².